The molecule has 0 radical (unpaired) electrons. The predicted octanol–water partition coefficient (Wildman–Crippen LogP) is 2.17. The Kier molecular flexibility index (Phi) is 2.10. The summed E-state index contributed by atoms with van der Waals surface area (Å²) in [6.07, 6.45) is 1.55. The number of halogens is 2. The van der Waals surface area contributed by atoms with Crippen molar-refractivity contribution in [3.63, 3.8) is 0 Å². The third-order valence-electron chi connectivity index (χ3n) is 1.56. The second-order valence-electron chi connectivity index (χ2n) is 2.43. The summed E-state index contributed by atoms with van der Waals surface area (Å²) >= 11 is 3.13. The topological polar surface area (TPSA) is 30.7 Å². The molecule has 66 valence electrons. The first-order valence-electron chi connectivity index (χ1n) is 3.59. The highest BCUT2D eigenvalue weighted by Crippen LogP contribution is 2.08. The lowest BCUT2D eigenvalue weighted by atomic mass is 10.3. The lowest BCUT2D eigenvalue weighted by molar-refractivity contribution is 0.627. The van der Waals surface area contributed by atoms with Crippen molar-refractivity contribution in [2.45, 2.75) is 0 Å². The highest BCUT2D eigenvalue weighted by molar-refractivity contribution is 9.10. The Hall–Kier alpha value is -1.23. The van der Waals surface area contributed by atoms with Gasteiger partial charge in [0.2, 0.25) is 4.73 Å². The number of nitrogens with zero attached hydrogens (tertiary/aromatic N) is 3. The number of hydrogen-bond donors (Lipinski definition) is 0. The molecule has 0 spiro atoms. The molecule has 0 aliphatic rings. The van der Waals surface area contributed by atoms with Crippen molar-refractivity contribution >= 4 is 15.9 Å². The number of hydrogen-bond acceptors (Lipinski definition) is 2. The SMILES string of the molecule is Fc1ccc(-n2cnc(Br)n2)cc1. The van der Waals surface area contributed by atoms with E-state index in [0.717, 1.165) is 5.69 Å². The molecular formula is C8H5BrFN3. The zero-order chi connectivity index (χ0) is 9.26. The van der Waals surface area contributed by atoms with E-state index >= 15 is 0 Å². The molecule has 1 aromatic carbocycles. The molecule has 2 aromatic rings. The van der Waals surface area contributed by atoms with Gasteiger partial charge in [-0.25, -0.2) is 14.1 Å². The van der Waals surface area contributed by atoms with Crippen LogP contribution in [0.5, 0.6) is 0 Å². The van der Waals surface area contributed by atoms with Gasteiger partial charge in [-0.1, -0.05) is 0 Å². The van der Waals surface area contributed by atoms with Crippen LogP contribution in [0.4, 0.5) is 4.39 Å². The van der Waals surface area contributed by atoms with Crippen LogP contribution in [0.25, 0.3) is 5.69 Å². The zero-order valence-corrected chi connectivity index (χ0v) is 8.07. The summed E-state index contributed by atoms with van der Waals surface area (Å²) in [6.45, 7) is 0. The van der Waals surface area contributed by atoms with Crippen molar-refractivity contribution in [2.75, 3.05) is 0 Å². The van der Waals surface area contributed by atoms with E-state index in [9.17, 15) is 4.39 Å². The van der Waals surface area contributed by atoms with E-state index in [1.54, 1.807) is 23.1 Å². The Morgan fingerprint density at radius 3 is 2.46 bits per heavy atom. The van der Waals surface area contributed by atoms with Gasteiger partial charge in [-0.15, -0.1) is 5.10 Å². The van der Waals surface area contributed by atoms with Gasteiger partial charge in [-0.05, 0) is 40.2 Å². The van der Waals surface area contributed by atoms with Crippen LogP contribution in [0.15, 0.2) is 35.3 Å². The van der Waals surface area contributed by atoms with E-state index in [-0.39, 0.29) is 5.82 Å². The fraction of sp³-hybridized carbons (Fsp3) is 0. The fourth-order valence-electron chi connectivity index (χ4n) is 0.961. The summed E-state index contributed by atoms with van der Waals surface area (Å²) in [5.74, 6) is -0.261. The van der Waals surface area contributed by atoms with Crippen LogP contribution >= 0.6 is 15.9 Å². The molecule has 0 fully saturated rings. The largest absolute Gasteiger partial charge is 0.220 e. The van der Waals surface area contributed by atoms with Crippen molar-refractivity contribution in [3.8, 4) is 5.69 Å². The van der Waals surface area contributed by atoms with Gasteiger partial charge in [0.1, 0.15) is 12.1 Å². The molecule has 0 bridgehead atoms. The van der Waals surface area contributed by atoms with Gasteiger partial charge in [0.15, 0.2) is 0 Å². The van der Waals surface area contributed by atoms with E-state index in [1.807, 2.05) is 0 Å². The smallest absolute Gasteiger partial charge is 0.217 e. The molecule has 0 N–H and O–H groups in total. The molecule has 0 saturated heterocycles. The summed E-state index contributed by atoms with van der Waals surface area (Å²) < 4.78 is 14.6. The Labute approximate surface area is 82.3 Å². The molecule has 0 aliphatic heterocycles. The maximum absolute atomic E-state index is 12.6. The fourth-order valence-corrected chi connectivity index (χ4v) is 1.22. The van der Waals surface area contributed by atoms with E-state index < -0.39 is 0 Å². The molecule has 0 aliphatic carbocycles. The molecule has 0 atom stereocenters. The van der Waals surface area contributed by atoms with E-state index in [4.69, 9.17) is 0 Å². The van der Waals surface area contributed by atoms with Crippen molar-refractivity contribution in [3.05, 3.63) is 41.1 Å². The van der Waals surface area contributed by atoms with E-state index in [2.05, 4.69) is 26.0 Å². The molecule has 0 unspecified atom stereocenters. The minimum Gasteiger partial charge on any atom is -0.220 e. The quantitative estimate of drug-likeness (QED) is 0.767. The Morgan fingerprint density at radius 2 is 1.92 bits per heavy atom. The molecular weight excluding hydrogens is 237 g/mol. The van der Waals surface area contributed by atoms with E-state index in [0.29, 0.717) is 4.73 Å². The van der Waals surface area contributed by atoms with Crippen LogP contribution in [0.2, 0.25) is 0 Å². The molecule has 0 amide bonds. The van der Waals surface area contributed by atoms with Gasteiger partial charge in [0, 0.05) is 0 Å². The number of rotatable bonds is 1. The van der Waals surface area contributed by atoms with Gasteiger partial charge in [0.25, 0.3) is 0 Å². The normalized spacial score (nSPS) is 10.3. The maximum atomic E-state index is 12.6. The monoisotopic (exact) mass is 241 g/mol. The van der Waals surface area contributed by atoms with Crippen molar-refractivity contribution in [2.24, 2.45) is 0 Å². The summed E-state index contributed by atoms with van der Waals surface area (Å²) in [5, 5.41) is 4.01. The first kappa shape index (κ1) is 8.37. The van der Waals surface area contributed by atoms with Crippen molar-refractivity contribution in [1.29, 1.82) is 0 Å². The molecule has 1 aromatic heterocycles. The molecule has 1 heterocycles. The molecule has 2 rings (SSSR count). The van der Waals surface area contributed by atoms with Crippen LogP contribution in [0.1, 0.15) is 0 Å². The lowest BCUT2D eigenvalue weighted by Crippen LogP contribution is -1.93. The van der Waals surface area contributed by atoms with Gasteiger partial charge in [0.05, 0.1) is 5.69 Å². The average Bonchev–Trinajstić information content (AvgIpc) is 2.53. The summed E-state index contributed by atoms with van der Waals surface area (Å²) in [7, 11) is 0. The second kappa shape index (κ2) is 3.26. The summed E-state index contributed by atoms with van der Waals surface area (Å²) in [5.41, 5.74) is 0.777. The Balaban J connectivity index is 2.41. The third kappa shape index (κ3) is 1.75. The van der Waals surface area contributed by atoms with E-state index in [1.165, 1.54) is 12.1 Å². The third-order valence-corrected chi connectivity index (χ3v) is 1.92. The number of benzene rings is 1. The first-order valence-corrected chi connectivity index (χ1v) is 4.38. The predicted molar refractivity (Wildman–Crippen MR) is 49.0 cm³/mol. The molecule has 0 saturated carbocycles. The van der Waals surface area contributed by atoms with Crippen molar-refractivity contribution in [1.82, 2.24) is 14.8 Å². The summed E-state index contributed by atoms with van der Waals surface area (Å²) in [6, 6.07) is 6.03. The van der Waals surface area contributed by atoms with Gasteiger partial charge < -0.3 is 0 Å². The van der Waals surface area contributed by atoms with Gasteiger partial charge >= 0.3 is 0 Å². The standard InChI is InChI=1S/C8H5BrFN3/c9-8-11-5-13(12-8)7-3-1-6(10)2-4-7/h1-5H. The van der Waals surface area contributed by atoms with Crippen LogP contribution in [0, 0.1) is 5.82 Å². The van der Waals surface area contributed by atoms with Crippen LogP contribution in [0.3, 0.4) is 0 Å². The average molecular weight is 242 g/mol. The Morgan fingerprint density at radius 1 is 1.23 bits per heavy atom. The van der Waals surface area contributed by atoms with Crippen molar-refractivity contribution < 1.29 is 4.39 Å². The first-order chi connectivity index (χ1) is 6.25. The molecule has 3 nitrogen and oxygen atoms in total. The van der Waals surface area contributed by atoms with Gasteiger partial charge in [-0.2, -0.15) is 0 Å². The minimum absolute atomic E-state index is 0.261. The number of aromatic nitrogens is 3. The molecule has 13 heavy (non-hydrogen) atoms. The minimum atomic E-state index is -0.261. The van der Waals surface area contributed by atoms with Crippen LogP contribution in [-0.4, -0.2) is 14.8 Å². The Bertz CT molecular complexity index is 410. The second-order valence-corrected chi connectivity index (χ2v) is 3.14. The lowest BCUT2D eigenvalue weighted by Gasteiger charge is -1.97. The highest BCUT2D eigenvalue weighted by atomic mass is 79.9. The van der Waals surface area contributed by atoms with Gasteiger partial charge in [-0.3, -0.25) is 0 Å². The summed E-state index contributed by atoms with van der Waals surface area (Å²) in [4.78, 5) is 3.89. The molecule has 5 heteroatoms. The van der Waals surface area contributed by atoms with Crippen LogP contribution < -0.4 is 0 Å². The maximum Gasteiger partial charge on any atom is 0.217 e. The zero-order valence-electron chi connectivity index (χ0n) is 6.48. The van der Waals surface area contributed by atoms with Crippen LogP contribution in [-0.2, 0) is 0 Å². The highest BCUT2D eigenvalue weighted by Gasteiger charge is 1.99.